The Morgan fingerprint density at radius 1 is 0.293 bits per heavy atom. The predicted octanol–water partition coefficient (Wildman–Crippen LogP) is 15.9. The number of furan rings is 3. The monoisotopic (exact) mass is 743 g/mol. The third-order valence-electron chi connectivity index (χ3n) is 11.5. The van der Waals surface area contributed by atoms with Crippen LogP contribution in [0.15, 0.2) is 213 Å². The lowest BCUT2D eigenvalue weighted by Gasteiger charge is -2.25. The molecule has 3 aromatic heterocycles. The molecule has 0 fully saturated rings. The van der Waals surface area contributed by atoms with Crippen molar-refractivity contribution in [3.05, 3.63) is 200 Å². The maximum absolute atomic E-state index is 7.28. The number of para-hydroxylation sites is 4. The molecule has 0 aliphatic carbocycles. The van der Waals surface area contributed by atoms with Gasteiger partial charge in [0.15, 0.2) is 11.2 Å². The molecule has 12 aromatic rings. The molecule has 3 heterocycles. The van der Waals surface area contributed by atoms with E-state index in [9.17, 15) is 0 Å². The summed E-state index contributed by atoms with van der Waals surface area (Å²) in [5.41, 5.74) is 14.4. The molecule has 272 valence electrons. The Kier molecular flexibility index (Phi) is 7.20. The fourth-order valence-electron chi connectivity index (χ4n) is 8.78. The Morgan fingerprint density at radius 3 is 1.43 bits per heavy atom. The minimum atomic E-state index is 0.775. The van der Waals surface area contributed by atoms with E-state index < -0.39 is 0 Å². The first-order chi connectivity index (χ1) is 28.8. The number of fused-ring (bicyclic) bond motifs is 9. The van der Waals surface area contributed by atoms with Gasteiger partial charge in [-0.05, 0) is 70.3 Å². The highest BCUT2D eigenvalue weighted by Crippen LogP contribution is 2.49. The summed E-state index contributed by atoms with van der Waals surface area (Å²) in [7, 11) is 0. The zero-order valence-corrected chi connectivity index (χ0v) is 31.2. The van der Waals surface area contributed by atoms with Gasteiger partial charge >= 0.3 is 0 Å². The summed E-state index contributed by atoms with van der Waals surface area (Å²) in [5.74, 6) is 0. The molecule has 4 heteroatoms. The zero-order chi connectivity index (χ0) is 38.2. The fraction of sp³-hybridized carbons (Fsp3) is 0. The van der Waals surface area contributed by atoms with Crippen LogP contribution >= 0.6 is 0 Å². The van der Waals surface area contributed by atoms with Crippen LogP contribution in [0.5, 0.6) is 0 Å². The van der Waals surface area contributed by atoms with Crippen LogP contribution in [-0.2, 0) is 0 Å². The summed E-state index contributed by atoms with van der Waals surface area (Å²) in [6, 6.07) is 70.0. The van der Waals surface area contributed by atoms with Crippen molar-refractivity contribution in [1.29, 1.82) is 0 Å². The lowest BCUT2D eigenvalue weighted by Crippen LogP contribution is -2.10. The van der Waals surface area contributed by atoms with Gasteiger partial charge in [0.25, 0.3) is 0 Å². The first-order valence-electron chi connectivity index (χ1n) is 19.6. The molecule has 0 bridgehead atoms. The third kappa shape index (κ3) is 5.02. The fourth-order valence-corrected chi connectivity index (χ4v) is 8.78. The normalized spacial score (nSPS) is 11.8. The van der Waals surface area contributed by atoms with E-state index in [4.69, 9.17) is 13.3 Å². The highest BCUT2D eigenvalue weighted by atomic mass is 16.3. The SMILES string of the molecule is c1ccc(-c2ccc(-c3c4oc5c(N(c6ccc(-c7ccccc7)cc6)c6cccc7c6oc6ccccc67)cccc5c4cc4oc5ccccc5c34)cc2)cc1. The number of hydrogen-bond acceptors (Lipinski definition) is 4. The molecular weight excluding hydrogens is 711 g/mol. The van der Waals surface area contributed by atoms with Crippen LogP contribution in [-0.4, -0.2) is 0 Å². The molecular formula is C54H33NO3. The van der Waals surface area contributed by atoms with Crippen LogP contribution in [0.1, 0.15) is 0 Å². The van der Waals surface area contributed by atoms with Gasteiger partial charge in [-0.1, -0.05) is 158 Å². The Hall–Kier alpha value is -7.82. The molecule has 0 aliphatic heterocycles. The van der Waals surface area contributed by atoms with Gasteiger partial charge < -0.3 is 18.2 Å². The van der Waals surface area contributed by atoms with Gasteiger partial charge in [0.1, 0.15) is 22.3 Å². The summed E-state index contributed by atoms with van der Waals surface area (Å²) in [5, 5.41) is 6.23. The largest absolute Gasteiger partial charge is 0.456 e. The average Bonchev–Trinajstić information content (AvgIpc) is 3.99. The molecule has 12 rings (SSSR count). The second kappa shape index (κ2) is 12.9. The van der Waals surface area contributed by atoms with E-state index in [1.807, 2.05) is 36.4 Å². The summed E-state index contributed by atoms with van der Waals surface area (Å²) in [6.45, 7) is 0. The van der Waals surface area contributed by atoms with Gasteiger partial charge in [-0.15, -0.1) is 0 Å². The molecule has 0 saturated carbocycles. The van der Waals surface area contributed by atoms with Crippen molar-refractivity contribution >= 4 is 82.9 Å². The van der Waals surface area contributed by atoms with Crippen LogP contribution in [0, 0.1) is 0 Å². The van der Waals surface area contributed by atoms with Crippen LogP contribution in [0.2, 0.25) is 0 Å². The van der Waals surface area contributed by atoms with Gasteiger partial charge in [0.2, 0.25) is 0 Å². The van der Waals surface area contributed by atoms with E-state index in [0.29, 0.717) is 0 Å². The quantitative estimate of drug-likeness (QED) is 0.170. The van der Waals surface area contributed by atoms with E-state index in [-0.39, 0.29) is 0 Å². The molecule has 4 nitrogen and oxygen atoms in total. The van der Waals surface area contributed by atoms with Crippen LogP contribution in [0.3, 0.4) is 0 Å². The van der Waals surface area contributed by atoms with Crippen molar-refractivity contribution in [3.8, 4) is 33.4 Å². The second-order valence-corrected chi connectivity index (χ2v) is 14.8. The van der Waals surface area contributed by atoms with Crippen molar-refractivity contribution in [2.24, 2.45) is 0 Å². The lowest BCUT2D eigenvalue weighted by atomic mass is 9.95. The molecule has 0 unspecified atom stereocenters. The number of hydrogen-bond donors (Lipinski definition) is 0. The summed E-state index contributed by atoms with van der Waals surface area (Å²) >= 11 is 0. The topological polar surface area (TPSA) is 42.7 Å². The van der Waals surface area contributed by atoms with E-state index in [1.54, 1.807) is 0 Å². The number of nitrogens with zero attached hydrogens (tertiary/aromatic N) is 1. The summed E-state index contributed by atoms with van der Waals surface area (Å²) < 4.78 is 20.6. The standard InChI is InChI=1S/C54H33NO3/c1-3-13-34(14-4-1)36-25-27-38(28-26-36)50-51-43-18-8-10-24-48(43)56-49(51)33-44-42-20-12-22-46(53(42)58-54(44)50)55(39-31-29-37(30-32-39)35-15-5-2-6-16-35)45-21-11-19-41-40-17-7-9-23-47(40)57-52(41)45/h1-33H. The molecule has 0 spiro atoms. The highest BCUT2D eigenvalue weighted by molar-refractivity contribution is 6.24. The molecule has 0 saturated heterocycles. The number of benzene rings is 9. The van der Waals surface area contributed by atoms with Gasteiger partial charge in [0.05, 0.1) is 11.4 Å². The number of rotatable bonds is 6. The zero-order valence-electron chi connectivity index (χ0n) is 31.2. The summed E-state index contributed by atoms with van der Waals surface area (Å²) in [6.07, 6.45) is 0. The van der Waals surface area contributed by atoms with Gasteiger partial charge in [-0.3, -0.25) is 0 Å². The van der Waals surface area contributed by atoms with Crippen LogP contribution < -0.4 is 4.90 Å². The van der Waals surface area contributed by atoms with Crippen molar-refractivity contribution in [2.45, 2.75) is 0 Å². The van der Waals surface area contributed by atoms with Crippen LogP contribution in [0.4, 0.5) is 17.1 Å². The van der Waals surface area contributed by atoms with E-state index in [2.05, 4.69) is 169 Å². The molecule has 0 radical (unpaired) electrons. The Balaban J connectivity index is 1.13. The molecule has 0 atom stereocenters. The molecule has 0 amide bonds. The van der Waals surface area contributed by atoms with Crippen molar-refractivity contribution < 1.29 is 13.3 Å². The highest BCUT2D eigenvalue weighted by Gasteiger charge is 2.26. The maximum atomic E-state index is 7.28. The van der Waals surface area contributed by atoms with Crippen LogP contribution in [0.25, 0.3) is 99.2 Å². The first-order valence-corrected chi connectivity index (χ1v) is 19.6. The van der Waals surface area contributed by atoms with E-state index in [0.717, 1.165) is 105 Å². The molecule has 9 aromatic carbocycles. The minimum absolute atomic E-state index is 0.775. The summed E-state index contributed by atoms with van der Waals surface area (Å²) in [4.78, 5) is 2.28. The van der Waals surface area contributed by atoms with Gasteiger partial charge in [-0.2, -0.15) is 0 Å². The first kappa shape index (κ1) is 32.4. The average molecular weight is 744 g/mol. The molecule has 58 heavy (non-hydrogen) atoms. The smallest absolute Gasteiger partial charge is 0.159 e. The molecule has 0 aliphatic rings. The predicted molar refractivity (Wildman–Crippen MR) is 239 cm³/mol. The van der Waals surface area contributed by atoms with Crippen molar-refractivity contribution in [3.63, 3.8) is 0 Å². The Morgan fingerprint density at radius 2 is 0.776 bits per heavy atom. The Bertz CT molecular complexity index is 3480. The van der Waals surface area contributed by atoms with Crippen molar-refractivity contribution in [1.82, 2.24) is 0 Å². The lowest BCUT2D eigenvalue weighted by molar-refractivity contribution is 0.664. The van der Waals surface area contributed by atoms with E-state index >= 15 is 0 Å². The van der Waals surface area contributed by atoms with E-state index in [1.165, 1.54) is 11.1 Å². The van der Waals surface area contributed by atoms with Crippen molar-refractivity contribution in [2.75, 3.05) is 4.90 Å². The minimum Gasteiger partial charge on any atom is -0.456 e. The Labute approximate surface area is 333 Å². The second-order valence-electron chi connectivity index (χ2n) is 14.8. The number of anilines is 3. The molecule has 0 N–H and O–H groups in total. The third-order valence-corrected chi connectivity index (χ3v) is 11.5. The van der Waals surface area contributed by atoms with Gasteiger partial charge in [0, 0.05) is 43.6 Å². The maximum Gasteiger partial charge on any atom is 0.159 e. The van der Waals surface area contributed by atoms with Gasteiger partial charge in [-0.25, -0.2) is 0 Å².